The van der Waals surface area contributed by atoms with Gasteiger partial charge in [0.05, 0.1) is 6.04 Å². The summed E-state index contributed by atoms with van der Waals surface area (Å²) < 4.78 is 4.54. The standard InChI is InChI=1S/C8H18N2O3/c1-4-5-9-7(11)6(2)10-8(12)13-3/h6,8,10,12H,4-5H2,1-3H3,(H,9,11). The predicted molar refractivity (Wildman–Crippen MR) is 48.9 cm³/mol. The first-order valence-electron chi connectivity index (χ1n) is 4.36. The topological polar surface area (TPSA) is 70.6 Å². The fourth-order valence-corrected chi connectivity index (χ4v) is 0.759. The van der Waals surface area contributed by atoms with Gasteiger partial charge in [-0.25, -0.2) is 0 Å². The Morgan fingerprint density at radius 1 is 1.62 bits per heavy atom. The number of rotatable bonds is 6. The van der Waals surface area contributed by atoms with E-state index in [9.17, 15) is 4.79 Å². The lowest BCUT2D eigenvalue weighted by Gasteiger charge is -2.16. The van der Waals surface area contributed by atoms with Gasteiger partial charge in [0.1, 0.15) is 0 Å². The Hall–Kier alpha value is -0.650. The number of amides is 1. The van der Waals surface area contributed by atoms with Gasteiger partial charge in [0.25, 0.3) is 0 Å². The van der Waals surface area contributed by atoms with Crippen LogP contribution in [0.1, 0.15) is 20.3 Å². The van der Waals surface area contributed by atoms with Crippen molar-refractivity contribution in [1.82, 2.24) is 10.6 Å². The highest BCUT2D eigenvalue weighted by molar-refractivity contribution is 5.81. The molecule has 0 heterocycles. The van der Waals surface area contributed by atoms with E-state index in [-0.39, 0.29) is 5.91 Å². The molecule has 13 heavy (non-hydrogen) atoms. The van der Waals surface area contributed by atoms with E-state index in [1.807, 2.05) is 6.92 Å². The Bertz CT molecular complexity index is 152. The molecule has 0 saturated carbocycles. The van der Waals surface area contributed by atoms with Crippen molar-refractivity contribution in [2.75, 3.05) is 13.7 Å². The van der Waals surface area contributed by atoms with Gasteiger partial charge in [0, 0.05) is 13.7 Å². The van der Waals surface area contributed by atoms with Crippen LogP contribution in [0, 0.1) is 0 Å². The molecule has 5 heteroatoms. The molecule has 0 aliphatic heterocycles. The molecule has 0 fully saturated rings. The molecule has 0 saturated heterocycles. The number of carbonyl (C=O) groups is 1. The molecule has 3 N–H and O–H groups in total. The Kier molecular flexibility index (Phi) is 6.48. The lowest BCUT2D eigenvalue weighted by molar-refractivity contribution is -0.131. The summed E-state index contributed by atoms with van der Waals surface area (Å²) in [6.45, 7) is 4.28. The second-order valence-corrected chi connectivity index (χ2v) is 2.77. The van der Waals surface area contributed by atoms with Crippen LogP contribution in [0.4, 0.5) is 0 Å². The molecule has 0 aliphatic rings. The van der Waals surface area contributed by atoms with Crippen LogP contribution in [0.2, 0.25) is 0 Å². The first-order chi connectivity index (χ1) is 6.11. The van der Waals surface area contributed by atoms with E-state index in [0.29, 0.717) is 6.54 Å². The van der Waals surface area contributed by atoms with Crippen molar-refractivity contribution in [3.63, 3.8) is 0 Å². The molecule has 0 aromatic rings. The average Bonchev–Trinajstić information content (AvgIpc) is 2.13. The zero-order valence-electron chi connectivity index (χ0n) is 8.33. The minimum Gasteiger partial charge on any atom is -0.356 e. The normalized spacial score (nSPS) is 15.1. The van der Waals surface area contributed by atoms with E-state index in [2.05, 4.69) is 15.4 Å². The molecular formula is C8H18N2O3. The zero-order valence-corrected chi connectivity index (χ0v) is 8.33. The maximum absolute atomic E-state index is 11.2. The third-order valence-corrected chi connectivity index (χ3v) is 1.56. The minimum absolute atomic E-state index is 0.141. The molecule has 0 bridgehead atoms. The average molecular weight is 190 g/mol. The van der Waals surface area contributed by atoms with Crippen LogP contribution >= 0.6 is 0 Å². The number of hydrogen-bond acceptors (Lipinski definition) is 4. The van der Waals surface area contributed by atoms with Crippen molar-refractivity contribution in [3.8, 4) is 0 Å². The van der Waals surface area contributed by atoms with Gasteiger partial charge in [0.2, 0.25) is 12.3 Å². The van der Waals surface area contributed by atoms with Gasteiger partial charge >= 0.3 is 0 Å². The Labute approximate surface area is 78.5 Å². The van der Waals surface area contributed by atoms with Gasteiger partial charge in [-0.3, -0.25) is 10.1 Å². The van der Waals surface area contributed by atoms with Crippen LogP contribution < -0.4 is 10.6 Å². The molecule has 0 radical (unpaired) electrons. The number of carbonyl (C=O) groups excluding carboxylic acids is 1. The second kappa shape index (κ2) is 6.82. The van der Waals surface area contributed by atoms with Gasteiger partial charge in [0.15, 0.2) is 0 Å². The summed E-state index contributed by atoms with van der Waals surface area (Å²) >= 11 is 0. The fraction of sp³-hybridized carbons (Fsp3) is 0.875. The highest BCUT2D eigenvalue weighted by atomic mass is 16.6. The van der Waals surface area contributed by atoms with Crippen molar-refractivity contribution in [2.45, 2.75) is 32.7 Å². The number of ether oxygens (including phenoxy) is 1. The molecule has 5 nitrogen and oxygen atoms in total. The number of aliphatic hydroxyl groups is 1. The van der Waals surface area contributed by atoms with E-state index in [1.54, 1.807) is 6.92 Å². The number of hydrogen-bond donors (Lipinski definition) is 3. The maximum atomic E-state index is 11.2. The second-order valence-electron chi connectivity index (χ2n) is 2.77. The Morgan fingerprint density at radius 2 is 2.23 bits per heavy atom. The largest absolute Gasteiger partial charge is 0.356 e. The molecule has 2 unspecified atom stereocenters. The van der Waals surface area contributed by atoms with Crippen molar-refractivity contribution in [2.24, 2.45) is 0 Å². The van der Waals surface area contributed by atoms with Crippen LogP contribution in [0.3, 0.4) is 0 Å². The van der Waals surface area contributed by atoms with Gasteiger partial charge in [-0.2, -0.15) is 0 Å². The number of methoxy groups -OCH3 is 1. The number of nitrogens with one attached hydrogen (secondary N) is 2. The number of aliphatic hydroxyl groups excluding tert-OH is 1. The highest BCUT2D eigenvalue weighted by Crippen LogP contribution is 1.86. The summed E-state index contributed by atoms with van der Waals surface area (Å²) in [4.78, 5) is 11.2. The van der Waals surface area contributed by atoms with Crippen molar-refractivity contribution >= 4 is 5.91 Å². The quantitative estimate of drug-likeness (QED) is 0.490. The molecule has 78 valence electrons. The van der Waals surface area contributed by atoms with Gasteiger partial charge in [-0.05, 0) is 13.3 Å². The zero-order chi connectivity index (χ0) is 10.3. The molecule has 0 rings (SSSR count). The van der Waals surface area contributed by atoms with Crippen LogP contribution in [0.15, 0.2) is 0 Å². The van der Waals surface area contributed by atoms with E-state index in [4.69, 9.17) is 5.11 Å². The molecule has 0 aliphatic carbocycles. The minimum atomic E-state index is -1.10. The van der Waals surface area contributed by atoms with Crippen molar-refractivity contribution in [1.29, 1.82) is 0 Å². The summed E-state index contributed by atoms with van der Waals surface area (Å²) in [6.07, 6.45) is -0.201. The summed E-state index contributed by atoms with van der Waals surface area (Å²) in [5, 5.41) is 14.2. The SMILES string of the molecule is CCCNC(=O)C(C)NC(O)OC. The first kappa shape index (κ1) is 12.3. The fourth-order valence-electron chi connectivity index (χ4n) is 0.759. The van der Waals surface area contributed by atoms with Gasteiger partial charge in [-0.1, -0.05) is 6.92 Å². The van der Waals surface area contributed by atoms with E-state index < -0.39 is 12.5 Å². The molecule has 0 aromatic carbocycles. The van der Waals surface area contributed by atoms with Gasteiger partial charge in [-0.15, -0.1) is 0 Å². The third kappa shape index (κ3) is 5.57. The van der Waals surface area contributed by atoms with Crippen LogP contribution in [-0.2, 0) is 9.53 Å². The smallest absolute Gasteiger partial charge is 0.237 e. The Morgan fingerprint density at radius 3 is 2.69 bits per heavy atom. The highest BCUT2D eigenvalue weighted by Gasteiger charge is 2.14. The van der Waals surface area contributed by atoms with Crippen molar-refractivity contribution in [3.05, 3.63) is 0 Å². The summed E-state index contributed by atoms with van der Waals surface area (Å²) in [6, 6.07) is -0.457. The lowest BCUT2D eigenvalue weighted by atomic mass is 10.3. The molecular weight excluding hydrogens is 172 g/mol. The summed E-state index contributed by atoms with van der Waals surface area (Å²) in [5.41, 5.74) is 0. The molecule has 2 atom stereocenters. The van der Waals surface area contributed by atoms with Gasteiger partial charge < -0.3 is 15.2 Å². The van der Waals surface area contributed by atoms with E-state index in [0.717, 1.165) is 6.42 Å². The van der Waals surface area contributed by atoms with Crippen LogP contribution in [-0.4, -0.2) is 37.1 Å². The predicted octanol–water partition coefficient (Wildman–Crippen LogP) is -0.587. The van der Waals surface area contributed by atoms with Crippen LogP contribution in [0.5, 0.6) is 0 Å². The lowest BCUT2D eigenvalue weighted by Crippen LogP contribution is -2.47. The Balaban J connectivity index is 3.68. The summed E-state index contributed by atoms with van der Waals surface area (Å²) in [5.74, 6) is -0.141. The van der Waals surface area contributed by atoms with E-state index >= 15 is 0 Å². The van der Waals surface area contributed by atoms with Crippen LogP contribution in [0.25, 0.3) is 0 Å². The van der Waals surface area contributed by atoms with Crippen molar-refractivity contribution < 1.29 is 14.6 Å². The molecule has 0 spiro atoms. The first-order valence-corrected chi connectivity index (χ1v) is 4.36. The monoisotopic (exact) mass is 190 g/mol. The summed E-state index contributed by atoms with van der Waals surface area (Å²) in [7, 11) is 1.36. The molecule has 1 amide bonds. The van der Waals surface area contributed by atoms with E-state index in [1.165, 1.54) is 7.11 Å². The third-order valence-electron chi connectivity index (χ3n) is 1.56. The maximum Gasteiger partial charge on any atom is 0.237 e. The molecule has 0 aromatic heterocycles.